The van der Waals surface area contributed by atoms with Gasteiger partial charge < -0.3 is 0 Å². The number of hydrogen-bond donors (Lipinski definition) is 1. The topological polar surface area (TPSA) is 53.9 Å². The fraction of sp³-hybridized carbons (Fsp3) is 0.467. The normalized spacial score (nSPS) is 17.4. The second-order valence-electron chi connectivity index (χ2n) is 5.38. The zero-order valence-electron chi connectivity index (χ0n) is 11.7. The van der Waals surface area contributed by atoms with Gasteiger partial charge in [-0.25, -0.2) is 9.89 Å². The van der Waals surface area contributed by atoms with Crippen LogP contribution in [0.5, 0.6) is 0 Å². The molecule has 3 rings (SSSR count). The van der Waals surface area contributed by atoms with Crippen LogP contribution in [-0.2, 0) is 6.54 Å². The summed E-state index contributed by atoms with van der Waals surface area (Å²) in [6.07, 6.45) is 2.47. The van der Waals surface area contributed by atoms with Crippen LogP contribution in [0.3, 0.4) is 0 Å². The first kappa shape index (κ1) is 13.1. The summed E-state index contributed by atoms with van der Waals surface area (Å²) in [4.78, 5) is 14.4. The summed E-state index contributed by atoms with van der Waals surface area (Å²) in [5, 5.41) is 6.83. The van der Waals surface area contributed by atoms with E-state index in [4.69, 9.17) is 0 Å². The maximum Gasteiger partial charge on any atom is 0.343 e. The summed E-state index contributed by atoms with van der Waals surface area (Å²) < 4.78 is 1.75. The predicted octanol–water partition coefficient (Wildman–Crippen LogP) is 1.78. The first-order valence-corrected chi connectivity index (χ1v) is 7.19. The number of nitrogens with zero attached hydrogens (tertiary/aromatic N) is 3. The second kappa shape index (κ2) is 5.63. The van der Waals surface area contributed by atoms with Crippen LogP contribution < -0.4 is 5.69 Å². The summed E-state index contributed by atoms with van der Waals surface area (Å²) in [7, 11) is 0. The second-order valence-corrected chi connectivity index (χ2v) is 5.38. The summed E-state index contributed by atoms with van der Waals surface area (Å²) in [6, 6.07) is 10.2. The average Bonchev–Trinajstić information content (AvgIpc) is 3.11. The molecule has 5 heteroatoms. The van der Waals surface area contributed by atoms with E-state index in [0.717, 1.165) is 24.5 Å². The number of rotatable bonds is 4. The quantitative estimate of drug-likeness (QED) is 0.923. The predicted molar refractivity (Wildman–Crippen MR) is 77.6 cm³/mol. The van der Waals surface area contributed by atoms with Crippen molar-refractivity contribution in [2.45, 2.75) is 32.4 Å². The molecule has 0 bridgehead atoms. The molecule has 20 heavy (non-hydrogen) atoms. The summed E-state index contributed by atoms with van der Waals surface area (Å²) >= 11 is 0. The van der Waals surface area contributed by atoms with Gasteiger partial charge in [0, 0.05) is 0 Å². The molecule has 0 radical (unpaired) electrons. The fourth-order valence-electron chi connectivity index (χ4n) is 2.86. The minimum atomic E-state index is -0.130. The molecular weight excluding hydrogens is 252 g/mol. The molecule has 0 aliphatic carbocycles. The SMILES string of the molecule is CC(c1n[nH]c(=O)n1Cc1ccccc1)N1CCCC1. The third-order valence-corrected chi connectivity index (χ3v) is 4.03. The Labute approximate surface area is 118 Å². The Bertz CT molecular complexity index is 610. The lowest BCUT2D eigenvalue weighted by Gasteiger charge is -2.23. The van der Waals surface area contributed by atoms with E-state index in [2.05, 4.69) is 22.0 Å². The van der Waals surface area contributed by atoms with Gasteiger partial charge >= 0.3 is 5.69 Å². The van der Waals surface area contributed by atoms with Gasteiger partial charge in [-0.3, -0.25) is 9.47 Å². The number of nitrogens with one attached hydrogen (secondary N) is 1. The molecule has 1 saturated heterocycles. The maximum atomic E-state index is 12.0. The van der Waals surface area contributed by atoms with Crippen molar-refractivity contribution >= 4 is 0 Å². The third kappa shape index (κ3) is 2.54. The van der Waals surface area contributed by atoms with Crippen LogP contribution in [0.2, 0.25) is 0 Å². The molecule has 1 aromatic carbocycles. The highest BCUT2D eigenvalue weighted by atomic mass is 16.1. The Morgan fingerprint density at radius 3 is 2.65 bits per heavy atom. The molecule has 0 saturated carbocycles. The monoisotopic (exact) mass is 272 g/mol. The van der Waals surface area contributed by atoms with Gasteiger partial charge in [0.2, 0.25) is 0 Å². The van der Waals surface area contributed by atoms with Gasteiger partial charge in [0.1, 0.15) is 0 Å². The maximum absolute atomic E-state index is 12.0. The number of aromatic amines is 1. The minimum absolute atomic E-state index is 0.130. The van der Waals surface area contributed by atoms with Gasteiger partial charge in [-0.1, -0.05) is 30.3 Å². The lowest BCUT2D eigenvalue weighted by molar-refractivity contribution is 0.248. The zero-order valence-corrected chi connectivity index (χ0v) is 11.7. The van der Waals surface area contributed by atoms with Crippen LogP contribution in [0.25, 0.3) is 0 Å². The van der Waals surface area contributed by atoms with E-state index in [0.29, 0.717) is 6.54 Å². The van der Waals surface area contributed by atoms with Crippen LogP contribution in [0.15, 0.2) is 35.1 Å². The molecule has 0 spiro atoms. The molecule has 106 valence electrons. The molecule has 1 aliphatic heterocycles. The Morgan fingerprint density at radius 2 is 1.95 bits per heavy atom. The zero-order chi connectivity index (χ0) is 13.9. The summed E-state index contributed by atoms with van der Waals surface area (Å²) in [5.41, 5.74) is 0.987. The Morgan fingerprint density at radius 1 is 1.25 bits per heavy atom. The number of benzene rings is 1. The molecule has 1 fully saturated rings. The van der Waals surface area contributed by atoms with Crippen LogP contribution in [-0.4, -0.2) is 32.8 Å². The Hall–Kier alpha value is -1.88. The highest BCUT2D eigenvalue weighted by Gasteiger charge is 2.24. The van der Waals surface area contributed by atoms with E-state index in [9.17, 15) is 4.79 Å². The Balaban J connectivity index is 1.87. The van der Waals surface area contributed by atoms with Gasteiger partial charge in [-0.2, -0.15) is 5.10 Å². The molecule has 1 N–H and O–H groups in total. The van der Waals surface area contributed by atoms with Crippen LogP contribution >= 0.6 is 0 Å². The van der Waals surface area contributed by atoms with Crippen molar-refractivity contribution < 1.29 is 0 Å². The van der Waals surface area contributed by atoms with Gasteiger partial charge in [0.15, 0.2) is 5.82 Å². The average molecular weight is 272 g/mol. The van der Waals surface area contributed by atoms with E-state index < -0.39 is 0 Å². The van der Waals surface area contributed by atoms with Crippen molar-refractivity contribution in [2.24, 2.45) is 0 Å². The summed E-state index contributed by atoms with van der Waals surface area (Å²) in [6.45, 7) is 4.88. The number of aromatic nitrogens is 3. The molecule has 1 aliphatic rings. The Kier molecular flexibility index (Phi) is 3.69. The van der Waals surface area contributed by atoms with Gasteiger partial charge in [-0.15, -0.1) is 0 Å². The lowest BCUT2D eigenvalue weighted by Crippen LogP contribution is -2.28. The van der Waals surface area contributed by atoms with Crippen molar-refractivity contribution in [1.82, 2.24) is 19.7 Å². The number of likely N-dealkylation sites (tertiary alicyclic amines) is 1. The van der Waals surface area contributed by atoms with Crippen molar-refractivity contribution in [2.75, 3.05) is 13.1 Å². The number of hydrogen-bond acceptors (Lipinski definition) is 3. The lowest BCUT2D eigenvalue weighted by atomic mass is 10.2. The van der Waals surface area contributed by atoms with Crippen molar-refractivity contribution in [3.05, 3.63) is 52.2 Å². The van der Waals surface area contributed by atoms with Gasteiger partial charge in [0.25, 0.3) is 0 Å². The van der Waals surface area contributed by atoms with E-state index in [1.807, 2.05) is 30.3 Å². The fourth-order valence-corrected chi connectivity index (χ4v) is 2.86. The number of H-pyrrole nitrogens is 1. The van der Waals surface area contributed by atoms with Crippen molar-refractivity contribution in [1.29, 1.82) is 0 Å². The molecule has 2 heterocycles. The first-order valence-electron chi connectivity index (χ1n) is 7.19. The van der Waals surface area contributed by atoms with Crippen molar-refractivity contribution in [3.8, 4) is 0 Å². The third-order valence-electron chi connectivity index (χ3n) is 4.03. The van der Waals surface area contributed by atoms with E-state index in [1.165, 1.54) is 12.8 Å². The van der Waals surface area contributed by atoms with E-state index in [1.54, 1.807) is 4.57 Å². The first-order chi connectivity index (χ1) is 9.75. The van der Waals surface area contributed by atoms with Crippen LogP contribution in [0, 0.1) is 0 Å². The molecule has 0 amide bonds. The van der Waals surface area contributed by atoms with Crippen LogP contribution in [0.4, 0.5) is 0 Å². The molecule has 5 nitrogen and oxygen atoms in total. The van der Waals surface area contributed by atoms with E-state index >= 15 is 0 Å². The van der Waals surface area contributed by atoms with Crippen LogP contribution in [0.1, 0.15) is 37.2 Å². The van der Waals surface area contributed by atoms with Gasteiger partial charge in [0.05, 0.1) is 12.6 Å². The van der Waals surface area contributed by atoms with E-state index in [-0.39, 0.29) is 11.7 Å². The molecule has 1 unspecified atom stereocenters. The molecule has 1 atom stereocenters. The highest BCUT2D eigenvalue weighted by molar-refractivity contribution is 5.15. The minimum Gasteiger partial charge on any atom is -0.294 e. The molecular formula is C15H20N4O. The molecule has 1 aromatic heterocycles. The smallest absolute Gasteiger partial charge is 0.294 e. The highest BCUT2D eigenvalue weighted by Crippen LogP contribution is 2.22. The summed E-state index contributed by atoms with van der Waals surface area (Å²) in [5.74, 6) is 0.834. The standard InChI is InChI=1S/C15H20N4O/c1-12(18-9-5-6-10-18)14-16-17-15(20)19(14)11-13-7-3-2-4-8-13/h2-4,7-8,12H,5-6,9-11H2,1H3,(H,17,20). The van der Waals surface area contributed by atoms with Crippen molar-refractivity contribution in [3.63, 3.8) is 0 Å². The molecule has 2 aromatic rings. The van der Waals surface area contributed by atoms with Gasteiger partial charge in [-0.05, 0) is 38.4 Å². The largest absolute Gasteiger partial charge is 0.343 e.